The van der Waals surface area contributed by atoms with Crippen LogP contribution in [0, 0.1) is 0 Å². The van der Waals surface area contributed by atoms with Crippen LogP contribution in [-0.2, 0) is 12.2 Å². The third-order valence-corrected chi connectivity index (χ3v) is 2.83. The molecule has 0 fully saturated rings. The van der Waals surface area contributed by atoms with E-state index in [-0.39, 0.29) is 0 Å². The van der Waals surface area contributed by atoms with Crippen molar-refractivity contribution in [3.8, 4) is 0 Å². The summed E-state index contributed by atoms with van der Waals surface area (Å²) in [7, 11) is 0. The van der Waals surface area contributed by atoms with Crippen LogP contribution in [0.3, 0.4) is 0 Å². The first-order chi connectivity index (χ1) is 5.36. The summed E-state index contributed by atoms with van der Waals surface area (Å²) in [6.07, 6.45) is 2.84. The van der Waals surface area contributed by atoms with E-state index in [0.717, 1.165) is 17.9 Å². The standard InChI is InChI=1S/C8H10N2S/c9-7-3-6-5-11-2-1-8(6)10-4-7/h3-4H,1-2,5,9H2. The molecule has 11 heavy (non-hydrogen) atoms. The maximum Gasteiger partial charge on any atom is 0.0503 e. The van der Waals surface area contributed by atoms with Gasteiger partial charge in [-0.25, -0.2) is 0 Å². The van der Waals surface area contributed by atoms with Gasteiger partial charge >= 0.3 is 0 Å². The van der Waals surface area contributed by atoms with Crippen LogP contribution in [-0.4, -0.2) is 10.7 Å². The lowest BCUT2D eigenvalue weighted by molar-refractivity contribution is 0.994. The van der Waals surface area contributed by atoms with Crippen molar-refractivity contribution < 1.29 is 0 Å². The fourth-order valence-corrected chi connectivity index (χ4v) is 2.21. The van der Waals surface area contributed by atoms with E-state index in [9.17, 15) is 0 Å². The first kappa shape index (κ1) is 6.98. The topological polar surface area (TPSA) is 38.9 Å². The molecule has 58 valence electrons. The van der Waals surface area contributed by atoms with Crippen LogP contribution in [0.25, 0.3) is 0 Å². The number of thioether (sulfide) groups is 1. The Kier molecular flexibility index (Phi) is 1.74. The van der Waals surface area contributed by atoms with E-state index in [2.05, 4.69) is 4.98 Å². The Balaban J connectivity index is 2.43. The van der Waals surface area contributed by atoms with Crippen molar-refractivity contribution in [2.75, 3.05) is 11.5 Å². The predicted molar refractivity (Wildman–Crippen MR) is 48.5 cm³/mol. The number of anilines is 1. The minimum absolute atomic E-state index is 0.784. The number of fused-ring (bicyclic) bond motifs is 1. The largest absolute Gasteiger partial charge is 0.397 e. The van der Waals surface area contributed by atoms with E-state index >= 15 is 0 Å². The van der Waals surface area contributed by atoms with Crippen molar-refractivity contribution >= 4 is 17.4 Å². The smallest absolute Gasteiger partial charge is 0.0503 e. The van der Waals surface area contributed by atoms with Gasteiger partial charge in [-0.15, -0.1) is 0 Å². The number of hydrogen-bond donors (Lipinski definition) is 1. The van der Waals surface area contributed by atoms with E-state index < -0.39 is 0 Å². The molecule has 0 radical (unpaired) electrons. The highest BCUT2D eigenvalue weighted by molar-refractivity contribution is 7.98. The van der Waals surface area contributed by atoms with Crippen LogP contribution in [0.5, 0.6) is 0 Å². The second kappa shape index (κ2) is 2.74. The van der Waals surface area contributed by atoms with Gasteiger partial charge in [-0.3, -0.25) is 4.98 Å². The number of nitrogens with two attached hydrogens (primary N) is 1. The van der Waals surface area contributed by atoms with E-state index in [0.29, 0.717) is 0 Å². The molecule has 2 rings (SSSR count). The molecule has 2 heterocycles. The fraction of sp³-hybridized carbons (Fsp3) is 0.375. The average Bonchev–Trinajstić information content (AvgIpc) is 2.04. The van der Waals surface area contributed by atoms with E-state index in [1.165, 1.54) is 17.0 Å². The summed E-state index contributed by atoms with van der Waals surface area (Å²) >= 11 is 1.95. The lowest BCUT2D eigenvalue weighted by Gasteiger charge is -2.13. The van der Waals surface area contributed by atoms with Crippen LogP contribution in [0.4, 0.5) is 5.69 Å². The summed E-state index contributed by atoms with van der Waals surface area (Å²) in [5.41, 5.74) is 8.95. The van der Waals surface area contributed by atoms with Crippen molar-refractivity contribution in [1.29, 1.82) is 0 Å². The van der Waals surface area contributed by atoms with E-state index in [1.807, 2.05) is 17.8 Å². The molecular formula is C8H10N2S. The molecule has 2 nitrogen and oxygen atoms in total. The quantitative estimate of drug-likeness (QED) is 0.634. The number of nitrogen functional groups attached to an aromatic ring is 1. The van der Waals surface area contributed by atoms with Crippen LogP contribution in [0.1, 0.15) is 11.3 Å². The molecule has 0 bridgehead atoms. The van der Waals surface area contributed by atoms with Gasteiger partial charge in [0, 0.05) is 11.4 Å². The molecule has 2 N–H and O–H groups in total. The molecule has 0 aliphatic carbocycles. The molecule has 1 aromatic heterocycles. The summed E-state index contributed by atoms with van der Waals surface area (Å²) in [6, 6.07) is 2.04. The minimum atomic E-state index is 0.784. The van der Waals surface area contributed by atoms with Gasteiger partial charge in [0.1, 0.15) is 0 Å². The molecule has 0 saturated heterocycles. The molecule has 1 aliphatic rings. The fourth-order valence-electron chi connectivity index (χ4n) is 1.26. The number of pyridine rings is 1. The summed E-state index contributed by atoms with van der Waals surface area (Å²) in [6.45, 7) is 0. The lowest BCUT2D eigenvalue weighted by atomic mass is 10.1. The number of hydrogen-bond acceptors (Lipinski definition) is 3. The van der Waals surface area contributed by atoms with Gasteiger partial charge in [0.15, 0.2) is 0 Å². The maximum atomic E-state index is 5.61. The number of nitrogens with zero attached hydrogens (tertiary/aromatic N) is 1. The third kappa shape index (κ3) is 1.33. The molecule has 3 heteroatoms. The molecule has 0 atom stereocenters. The Morgan fingerprint density at radius 3 is 3.36 bits per heavy atom. The molecule has 0 amide bonds. The van der Waals surface area contributed by atoms with Crippen molar-refractivity contribution in [2.24, 2.45) is 0 Å². The van der Waals surface area contributed by atoms with Gasteiger partial charge in [0.05, 0.1) is 11.9 Å². The van der Waals surface area contributed by atoms with Crippen molar-refractivity contribution in [3.63, 3.8) is 0 Å². The summed E-state index contributed by atoms with van der Waals surface area (Å²) < 4.78 is 0. The molecule has 1 aliphatic heterocycles. The van der Waals surface area contributed by atoms with Gasteiger partial charge in [0.2, 0.25) is 0 Å². The summed E-state index contributed by atoms with van der Waals surface area (Å²) in [5, 5.41) is 0. The molecule has 0 aromatic carbocycles. The van der Waals surface area contributed by atoms with Crippen LogP contribution < -0.4 is 5.73 Å². The van der Waals surface area contributed by atoms with Crippen LogP contribution in [0.2, 0.25) is 0 Å². The highest BCUT2D eigenvalue weighted by Gasteiger charge is 2.09. The van der Waals surface area contributed by atoms with Gasteiger partial charge < -0.3 is 5.73 Å². The normalized spacial score (nSPS) is 16.0. The first-order valence-electron chi connectivity index (χ1n) is 3.67. The van der Waals surface area contributed by atoms with Gasteiger partial charge in [-0.05, 0) is 23.8 Å². The molecular weight excluding hydrogens is 156 g/mol. The monoisotopic (exact) mass is 166 g/mol. The summed E-state index contributed by atoms with van der Waals surface area (Å²) in [4.78, 5) is 4.28. The minimum Gasteiger partial charge on any atom is -0.397 e. The zero-order chi connectivity index (χ0) is 7.68. The maximum absolute atomic E-state index is 5.61. The second-order valence-electron chi connectivity index (χ2n) is 2.68. The third-order valence-electron chi connectivity index (χ3n) is 1.82. The van der Waals surface area contributed by atoms with E-state index in [1.54, 1.807) is 6.20 Å². The number of aromatic nitrogens is 1. The Labute approximate surface area is 70.2 Å². The molecule has 0 unspecified atom stereocenters. The average molecular weight is 166 g/mol. The Bertz CT molecular complexity index is 273. The number of aryl methyl sites for hydroxylation is 1. The Morgan fingerprint density at radius 2 is 2.45 bits per heavy atom. The highest BCUT2D eigenvalue weighted by atomic mass is 32.2. The molecule has 1 aromatic rings. The van der Waals surface area contributed by atoms with Gasteiger partial charge in [-0.2, -0.15) is 11.8 Å². The summed E-state index contributed by atoms with van der Waals surface area (Å²) in [5.74, 6) is 2.28. The second-order valence-corrected chi connectivity index (χ2v) is 3.78. The lowest BCUT2D eigenvalue weighted by Crippen LogP contribution is -2.05. The first-order valence-corrected chi connectivity index (χ1v) is 4.83. The van der Waals surface area contributed by atoms with Crippen molar-refractivity contribution in [2.45, 2.75) is 12.2 Å². The van der Waals surface area contributed by atoms with Gasteiger partial charge in [0.25, 0.3) is 0 Å². The van der Waals surface area contributed by atoms with Crippen LogP contribution in [0.15, 0.2) is 12.3 Å². The Hall–Kier alpha value is -0.700. The SMILES string of the molecule is Nc1cnc2c(c1)CSCC2. The number of rotatable bonds is 0. The van der Waals surface area contributed by atoms with Crippen molar-refractivity contribution in [3.05, 3.63) is 23.5 Å². The van der Waals surface area contributed by atoms with Crippen molar-refractivity contribution in [1.82, 2.24) is 4.98 Å². The van der Waals surface area contributed by atoms with Crippen LogP contribution >= 0.6 is 11.8 Å². The van der Waals surface area contributed by atoms with Gasteiger partial charge in [-0.1, -0.05) is 0 Å². The molecule has 0 saturated carbocycles. The van der Waals surface area contributed by atoms with E-state index in [4.69, 9.17) is 5.73 Å². The predicted octanol–water partition coefficient (Wildman–Crippen LogP) is 1.45. The zero-order valence-corrected chi connectivity index (χ0v) is 7.03. The Morgan fingerprint density at radius 1 is 1.55 bits per heavy atom. The highest BCUT2D eigenvalue weighted by Crippen LogP contribution is 2.23. The molecule has 0 spiro atoms. The zero-order valence-electron chi connectivity index (χ0n) is 6.21.